The molecule has 104 valence electrons. The van der Waals surface area contributed by atoms with Gasteiger partial charge in [-0.2, -0.15) is 0 Å². The molecule has 2 aliphatic heterocycles. The third-order valence-electron chi connectivity index (χ3n) is 4.07. The Kier molecular flexibility index (Phi) is 4.97. The second kappa shape index (κ2) is 6.50. The largest absolute Gasteiger partial charge is 0.469 e. The SMILES string of the molecule is COC(=O)CC(C)N1CCC(N2CCOCC2)C1. The van der Waals surface area contributed by atoms with Crippen LogP contribution in [-0.2, 0) is 14.3 Å². The van der Waals surface area contributed by atoms with Gasteiger partial charge in [-0.15, -0.1) is 0 Å². The summed E-state index contributed by atoms with van der Waals surface area (Å²) >= 11 is 0. The van der Waals surface area contributed by atoms with Gasteiger partial charge in [0.15, 0.2) is 0 Å². The molecule has 2 heterocycles. The van der Waals surface area contributed by atoms with Crippen molar-refractivity contribution < 1.29 is 14.3 Å². The lowest BCUT2D eigenvalue weighted by molar-refractivity contribution is -0.141. The number of methoxy groups -OCH3 is 1. The van der Waals surface area contributed by atoms with Gasteiger partial charge in [0.05, 0.1) is 26.7 Å². The lowest BCUT2D eigenvalue weighted by Crippen LogP contribution is -2.45. The Balaban J connectivity index is 1.78. The standard InChI is InChI=1S/C13H24N2O3/c1-11(9-13(16)17-2)15-4-3-12(10-15)14-5-7-18-8-6-14/h11-12H,3-10H2,1-2H3. The van der Waals surface area contributed by atoms with Crippen molar-refractivity contribution >= 4 is 5.97 Å². The Bertz CT molecular complexity index is 279. The molecule has 0 aromatic carbocycles. The van der Waals surface area contributed by atoms with E-state index in [9.17, 15) is 4.79 Å². The van der Waals surface area contributed by atoms with E-state index in [-0.39, 0.29) is 12.0 Å². The maximum absolute atomic E-state index is 11.3. The molecule has 2 aliphatic rings. The molecule has 5 heteroatoms. The predicted octanol–water partition coefficient (Wildman–Crippen LogP) is 0.345. The van der Waals surface area contributed by atoms with Crippen molar-refractivity contribution in [2.75, 3.05) is 46.5 Å². The van der Waals surface area contributed by atoms with Gasteiger partial charge in [0.1, 0.15) is 0 Å². The minimum atomic E-state index is -0.114. The molecule has 0 radical (unpaired) electrons. The van der Waals surface area contributed by atoms with Crippen LogP contribution < -0.4 is 0 Å². The quantitative estimate of drug-likeness (QED) is 0.679. The molecule has 0 aliphatic carbocycles. The second-order valence-electron chi connectivity index (χ2n) is 5.22. The monoisotopic (exact) mass is 256 g/mol. The van der Waals surface area contributed by atoms with E-state index >= 15 is 0 Å². The van der Waals surface area contributed by atoms with Crippen molar-refractivity contribution in [2.24, 2.45) is 0 Å². The third kappa shape index (κ3) is 3.43. The number of ether oxygens (including phenoxy) is 2. The van der Waals surface area contributed by atoms with Crippen LogP contribution in [0.3, 0.4) is 0 Å². The fourth-order valence-electron chi connectivity index (χ4n) is 2.86. The van der Waals surface area contributed by atoms with E-state index < -0.39 is 0 Å². The van der Waals surface area contributed by atoms with Crippen LogP contribution in [0.2, 0.25) is 0 Å². The number of hydrogen-bond donors (Lipinski definition) is 0. The number of hydrogen-bond acceptors (Lipinski definition) is 5. The summed E-state index contributed by atoms with van der Waals surface area (Å²) in [7, 11) is 1.45. The van der Waals surface area contributed by atoms with Gasteiger partial charge in [-0.25, -0.2) is 0 Å². The molecule has 0 N–H and O–H groups in total. The molecule has 18 heavy (non-hydrogen) atoms. The van der Waals surface area contributed by atoms with E-state index in [2.05, 4.69) is 16.7 Å². The summed E-state index contributed by atoms with van der Waals surface area (Å²) in [5.41, 5.74) is 0. The van der Waals surface area contributed by atoms with E-state index in [1.165, 1.54) is 13.5 Å². The summed E-state index contributed by atoms with van der Waals surface area (Å²) in [4.78, 5) is 16.2. The van der Waals surface area contributed by atoms with Crippen molar-refractivity contribution in [1.82, 2.24) is 9.80 Å². The van der Waals surface area contributed by atoms with Crippen LogP contribution in [0.1, 0.15) is 19.8 Å². The normalized spacial score (nSPS) is 28.2. The number of carbonyl (C=O) groups is 1. The molecule has 0 spiro atoms. The van der Waals surface area contributed by atoms with Gasteiger partial charge in [-0.05, 0) is 13.3 Å². The van der Waals surface area contributed by atoms with Gasteiger partial charge in [-0.3, -0.25) is 14.6 Å². The number of likely N-dealkylation sites (tertiary alicyclic amines) is 1. The predicted molar refractivity (Wildman–Crippen MR) is 68.5 cm³/mol. The smallest absolute Gasteiger partial charge is 0.307 e. The maximum atomic E-state index is 11.3. The minimum absolute atomic E-state index is 0.114. The molecular formula is C13H24N2O3. The zero-order valence-electron chi connectivity index (χ0n) is 11.4. The average molecular weight is 256 g/mol. The first-order valence-corrected chi connectivity index (χ1v) is 6.83. The molecular weight excluding hydrogens is 232 g/mol. The van der Waals surface area contributed by atoms with Gasteiger partial charge in [0, 0.05) is 38.3 Å². The highest BCUT2D eigenvalue weighted by molar-refractivity contribution is 5.69. The summed E-state index contributed by atoms with van der Waals surface area (Å²) < 4.78 is 10.1. The van der Waals surface area contributed by atoms with Gasteiger partial charge < -0.3 is 9.47 Å². The van der Waals surface area contributed by atoms with Crippen molar-refractivity contribution in [3.63, 3.8) is 0 Å². The fourth-order valence-corrected chi connectivity index (χ4v) is 2.86. The molecule has 2 rings (SSSR count). The van der Waals surface area contributed by atoms with Crippen LogP contribution in [-0.4, -0.2) is 74.4 Å². The Morgan fingerprint density at radius 2 is 2.11 bits per heavy atom. The zero-order chi connectivity index (χ0) is 13.0. The molecule has 2 unspecified atom stereocenters. The van der Waals surface area contributed by atoms with E-state index in [4.69, 9.17) is 9.47 Å². The first-order valence-electron chi connectivity index (χ1n) is 6.83. The lowest BCUT2D eigenvalue weighted by atomic mass is 10.2. The zero-order valence-corrected chi connectivity index (χ0v) is 11.4. The van der Waals surface area contributed by atoms with Crippen LogP contribution in [0, 0.1) is 0 Å². The van der Waals surface area contributed by atoms with E-state index in [1.54, 1.807) is 0 Å². The molecule has 2 saturated heterocycles. The van der Waals surface area contributed by atoms with Crippen molar-refractivity contribution in [2.45, 2.75) is 31.8 Å². The Morgan fingerprint density at radius 3 is 2.78 bits per heavy atom. The van der Waals surface area contributed by atoms with Crippen molar-refractivity contribution in [3.8, 4) is 0 Å². The van der Waals surface area contributed by atoms with Crippen molar-refractivity contribution in [1.29, 1.82) is 0 Å². The highest BCUT2D eigenvalue weighted by atomic mass is 16.5. The van der Waals surface area contributed by atoms with Gasteiger partial charge in [0.25, 0.3) is 0 Å². The number of esters is 1. The Labute approximate surface area is 109 Å². The second-order valence-corrected chi connectivity index (χ2v) is 5.22. The molecule has 0 aromatic rings. The van der Waals surface area contributed by atoms with E-state index in [1.807, 2.05) is 0 Å². The molecule has 2 atom stereocenters. The molecule has 0 saturated carbocycles. The van der Waals surface area contributed by atoms with Crippen LogP contribution in [0.25, 0.3) is 0 Å². The number of carbonyl (C=O) groups excluding carboxylic acids is 1. The van der Waals surface area contributed by atoms with Gasteiger partial charge in [-0.1, -0.05) is 0 Å². The summed E-state index contributed by atoms with van der Waals surface area (Å²) in [5.74, 6) is -0.114. The van der Waals surface area contributed by atoms with Crippen molar-refractivity contribution in [3.05, 3.63) is 0 Å². The molecule has 5 nitrogen and oxygen atoms in total. The highest BCUT2D eigenvalue weighted by Crippen LogP contribution is 2.20. The maximum Gasteiger partial charge on any atom is 0.307 e. The van der Waals surface area contributed by atoms with Crippen LogP contribution in [0.4, 0.5) is 0 Å². The lowest BCUT2D eigenvalue weighted by Gasteiger charge is -2.32. The van der Waals surface area contributed by atoms with Crippen LogP contribution in [0.15, 0.2) is 0 Å². The minimum Gasteiger partial charge on any atom is -0.469 e. The molecule has 2 fully saturated rings. The van der Waals surface area contributed by atoms with E-state index in [0.29, 0.717) is 12.5 Å². The van der Waals surface area contributed by atoms with Crippen LogP contribution >= 0.6 is 0 Å². The Morgan fingerprint density at radius 1 is 1.39 bits per heavy atom. The fraction of sp³-hybridized carbons (Fsp3) is 0.923. The van der Waals surface area contributed by atoms with E-state index in [0.717, 1.165) is 39.4 Å². The first-order chi connectivity index (χ1) is 8.70. The summed E-state index contributed by atoms with van der Waals surface area (Å²) in [5, 5.41) is 0. The molecule has 0 aromatic heterocycles. The third-order valence-corrected chi connectivity index (χ3v) is 4.07. The topological polar surface area (TPSA) is 42.0 Å². The molecule has 0 amide bonds. The highest BCUT2D eigenvalue weighted by Gasteiger charge is 2.31. The number of morpholine rings is 1. The van der Waals surface area contributed by atoms with Crippen LogP contribution in [0.5, 0.6) is 0 Å². The molecule has 0 bridgehead atoms. The number of nitrogens with zero attached hydrogens (tertiary/aromatic N) is 2. The average Bonchev–Trinajstić information content (AvgIpc) is 2.89. The van der Waals surface area contributed by atoms with Gasteiger partial charge in [0.2, 0.25) is 0 Å². The Hall–Kier alpha value is -0.650. The summed E-state index contributed by atoms with van der Waals surface area (Å²) in [6.07, 6.45) is 1.69. The number of rotatable bonds is 4. The van der Waals surface area contributed by atoms with Gasteiger partial charge >= 0.3 is 5.97 Å². The first kappa shape index (κ1) is 13.8. The summed E-state index contributed by atoms with van der Waals surface area (Å²) in [6, 6.07) is 0.914. The summed E-state index contributed by atoms with van der Waals surface area (Å²) in [6.45, 7) is 8.06.